The molecule has 0 bridgehead atoms. The number of thiol groups is 2. The Morgan fingerprint density at radius 3 is 2.50 bits per heavy atom. The lowest BCUT2D eigenvalue weighted by Gasteiger charge is -2.08. The van der Waals surface area contributed by atoms with Gasteiger partial charge in [0.1, 0.15) is 0 Å². The van der Waals surface area contributed by atoms with Gasteiger partial charge in [0.05, 0.1) is 12.8 Å². The highest BCUT2D eigenvalue weighted by molar-refractivity contribution is 7.80. The summed E-state index contributed by atoms with van der Waals surface area (Å²) in [6.45, 7) is 0. The number of aliphatic carboxylic acids is 1. The first kappa shape index (κ1) is 11.6. The van der Waals surface area contributed by atoms with E-state index in [4.69, 9.17) is 5.11 Å². The van der Waals surface area contributed by atoms with Crippen LogP contribution in [0.4, 0.5) is 0 Å². The van der Waals surface area contributed by atoms with E-state index in [9.17, 15) is 9.59 Å². The molecule has 0 radical (unpaired) electrons. The van der Waals surface area contributed by atoms with Crippen LogP contribution in [0.1, 0.15) is 12.8 Å². The van der Waals surface area contributed by atoms with Crippen LogP contribution < -0.4 is 0 Å². The van der Waals surface area contributed by atoms with Crippen LogP contribution >= 0.6 is 25.3 Å². The Labute approximate surface area is 81.1 Å². The first-order chi connectivity index (χ1) is 5.56. The quantitative estimate of drug-likeness (QED) is 0.353. The van der Waals surface area contributed by atoms with Gasteiger partial charge in [-0.25, -0.2) is 0 Å². The highest BCUT2D eigenvalue weighted by atomic mass is 32.1. The fourth-order valence-corrected chi connectivity index (χ4v) is 0.949. The third-order valence-electron chi connectivity index (χ3n) is 0.933. The van der Waals surface area contributed by atoms with Gasteiger partial charge in [0.2, 0.25) is 0 Å². The zero-order valence-electron chi connectivity index (χ0n) is 6.27. The number of carboxylic acids is 1. The summed E-state index contributed by atoms with van der Waals surface area (Å²) < 4.78 is 4.60. The van der Waals surface area contributed by atoms with E-state index >= 15 is 0 Å². The molecule has 0 fully saturated rings. The average molecular weight is 210 g/mol. The minimum atomic E-state index is -1.05. The summed E-state index contributed by atoms with van der Waals surface area (Å²) in [5, 5.41) is 8.27. The lowest BCUT2D eigenvalue weighted by Crippen LogP contribution is -2.16. The van der Waals surface area contributed by atoms with E-state index in [1.807, 2.05) is 0 Å². The van der Waals surface area contributed by atoms with Crippen molar-refractivity contribution in [2.45, 2.75) is 18.3 Å². The van der Waals surface area contributed by atoms with Crippen molar-refractivity contribution in [3.8, 4) is 0 Å². The molecule has 1 unspecified atom stereocenters. The van der Waals surface area contributed by atoms with Gasteiger partial charge in [-0.3, -0.25) is 9.59 Å². The van der Waals surface area contributed by atoms with Gasteiger partial charge in [-0.15, -0.1) is 12.6 Å². The van der Waals surface area contributed by atoms with E-state index in [0.29, 0.717) is 5.75 Å². The SMILES string of the molecule is O=C(O)CC(S)OC(=O)CCS. The number of carboxylic acid groups (broad SMARTS) is 1. The molecule has 0 aromatic carbocycles. The Morgan fingerprint density at radius 2 is 2.08 bits per heavy atom. The number of hydrogen-bond donors (Lipinski definition) is 3. The first-order valence-electron chi connectivity index (χ1n) is 3.26. The number of carbonyl (C=O) groups is 2. The highest BCUT2D eigenvalue weighted by Gasteiger charge is 2.12. The molecular formula is C6H10O4S2. The van der Waals surface area contributed by atoms with E-state index in [2.05, 4.69) is 30.0 Å². The Bertz CT molecular complexity index is 171. The third kappa shape index (κ3) is 6.36. The van der Waals surface area contributed by atoms with Crippen LogP contribution in [0, 0.1) is 0 Å². The molecule has 1 N–H and O–H groups in total. The number of esters is 1. The summed E-state index contributed by atoms with van der Waals surface area (Å²) in [5.41, 5.74) is -0.866. The van der Waals surface area contributed by atoms with Crippen LogP contribution in [0.3, 0.4) is 0 Å². The Hall–Kier alpha value is -0.360. The van der Waals surface area contributed by atoms with Crippen LogP contribution in [0.5, 0.6) is 0 Å². The van der Waals surface area contributed by atoms with Gasteiger partial charge in [-0.2, -0.15) is 12.6 Å². The summed E-state index contributed by atoms with van der Waals surface area (Å²) in [4.78, 5) is 20.8. The van der Waals surface area contributed by atoms with E-state index in [-0.39, 0.29) is 12.8 Å². The van der Waals surface area contributed by atoms with Gasteiger partial charge >= 0.3 is 11.9 Å². The zero-order chi connectivity index (χ0) is 9.56. The second-order valence-corrected chi connectivity index (χ2v) is 3.04. The maximum Gasteiger partial charge on any atom is 0.308 e. The minimum Gasteiger partial charge on any atom is -0.481 e. The monoisotopic (exact) mass is 210 g/mol. The Kier molecular flexibility index (Phi) is 6.00. The molecule has 4 nitrogen and oxygen atoms in total. The van der Waals surface area contributed by atoms with Gasteiger partial charge < -0.3 is 9.84 Å². The van der Waals surface area contributed by atoms with Gasteiger partial charge in [0.15, 0.2) is 5.44 Å². The van der Waals surface area contributed by atoms with Crippen molar-refractivity contribution >= 4 is 37.2 Å². The van der Waals surface area contributed by atoms with Gasteiger partial charge in [0, 0.05) is 5.75 Å². The van der Waals surface area contributed by atoms with Crippen molar-refractivity contribution in [2.24, 2.45) is 0 Å². The molecule has 0 saturated heterocycles. The molecule has 0 aliphatic carbocycles. The number of rotatable bonds is 5. The van der Waals surface area contributed by atoms with Crippen LogP contribution in [-0.2, 0) is 14.3 Å². The summed E-state index contributed by atoms with van der Waals surface area (Å²) in [6, 6.07) is 0. The molecule has 1 atom stereocenters. The molecule has 0 aromatic rings. The largest absolute Gasteiger partial charge is 0.481 e. The van der Waals surface area contributed by atoms with E-state index in [1.165, 1.54) is 0 Å². The van der Waals surface area contributed by atoms with Crippen molar-refractivity contribution in [1.82, 2.24) is 0 Å². The Morgan fingerprint density at radius 1 is 1.50 bits per heavy atom. The van der Waals surface area contributed by atoms with Crippen molar-refractivity contribution < 1.29 is 19.4 Å². The smallest absolute Gasteiger partial charge is 0.308 e. The number of ether oxygens (including phenoxy) is 1. The van der Waals surface area contributed by atoms with Gasteiger partial charge in [-0.1, -0.05) is 0 Å². The second-order valence-electron chi connectivity index (χ2n) is 2.02. The van der Waals surface area contributed by atoms with E-state index in [1.54, 1.807) is 0 Å². The second kappa shape index (κ2) is 6.19. The predicted octanol–water partition coefficient (Wildman–Crippen LogP) is 0.580. The molecule has 0 heterocycles. The van der Waals surface area contributed by atoms with Gasteiger partial charge in [0.25, 0.3) is 0 Å². The van der Waals surface area contributed by atoms with Crippen LogP contribution in [0.2, 0.25) is 0 Å². The van der Waals surface area contributed by atoms with Crippen molar-refractivity contribution in [3.05, 3.63) is 0 Å². The standard InChI is InChI=1S/C6H10O4S2/c7-4(8)3-6(12)10-5(9)1-2-11/h6,11-12H,1-3H2,(H,7,8). The summed E-state index contributed by atoms with van der Waals surface area (Å²) in [7, 11) is 0. The van der Waals surface area contributed by atoms with Crippen LogP contribution in [-0.4, -0.2) is 28.2 Å². The average Bonchev–Trinajstić information content (AvgIpc) is 1.84. The van der Waals surface area contributed by atoms with Crippen molar-refractivity contribution in [2.75, 3.05) is 5.75 Å². The normalized spacial score (nSPS) is 12.2. The Balaban J connectivity index is 3.61. The van der Waals surface area contributed by atoms with E-state index < -0.39 is 17.4 Å². The molecule has 6 heteroatoms. The molecule has 0 rings (SSSR count). The summed E-state index contributed by atoms with van der Waals surface area (Å²) in [6.07, 6.45) is -0.124. The molecule has 0 saturated carbocycles. The highest BCUT2D eigenvalue weighted by Crippen LogP contribution is 2.05. The first-order valence-corrected chi connectivity index (χ1v) is 4.41. The molecule has 12 heavy (non-hydrogen) atoms. The maximum absolute atomic E-state index is 10.7. The fourth-order valence-electron chi connectivity index (χ4n) is 0.493. The predicted molar refractivity (Wildman–Crippen MR) is 49.6 cm³/mol. The molecular weight excluding hydrogens is 200 g/mol. The van der Waals surface area contributed by atoms with Crippen molar-refractivity contribution in [3.63, 3.8) is 0 Å². The lowest BCUT2D eigenvalue weighted by atomic mass is 10.4. The molecule has 0 amide bonds. The van der Waals surface area contributed by atoms with E-state index in [0.717, 1.165) is 0 Å². The molecule has 0 aromatic heterocycles. The van der Waals surface area contributed by atoms with Gasteiger partial charge in [-0.05, 0) is 0 Å². The topological polar surface area (TPSA) is 63.6 Å². The molecule has 70 valence electrons. The molecule has 0 aliphatic rings. The maximum atomic E-state index is 10.7. The minimum absolute atomic E-state index is 0.166. The van der Waals surface area contributed by atoms with Crippen LogP contribution in [0.25, 0.3) is 0 Å². The fraction of sp³-hybridized carbons (Fsp3) is 0.667. The van der Waals surface area contributed by atoms with Crippen molar-refractivity contribution in [1.29, 1.82) is 0 Å². The lowest BCUT2D eigenvalue weighted by molar-refractivity contribution is -0.147. The summed E-state index contributed by atoms with van der Waals surface area (Å²) in [5.74, 6) is -1.15. The zero-order valence-corrected chi connectivity index (χ0v) is 8.05. The third-order valence-corrected chi connectivity index (χ3v) is 1.44. The number of carbonyl (C=O) groups excluding carboxylic acids is 1. The number of hydrogen-bond acceptors (Lipinski definition) is 5. The van der Waals surface area contributed by atoms with Crippen LogP contribution in [0.15, 0.2) is 0 Å². The summed E-state index contributed by atoms with van der Waals surface area (Å²) >= 11 is 7.56. The molecule has 0 spiro atoms. The molecule has 0 aliphatic heterocycles.